The van der Waals surface area contributed by atoms with E-state index in [1.165, 1.54) is 12.1 Å². The number of anilines is 1. The van der Waals surface area contributed by atoms with E-state index in [1.807, 2.05) is 0 Å². The number of hydrogen-bond acceptors (Lipinski definition) is 3. The summed E-state index contributed by atoms with van der Waals surface area (Å²) in [5, 5.41) is 8.73. The average molecular weight is 220 g/mol. The number of aromatic carboxylic acids is 1. The maximum atomic E-state index is 11.5. The Bertz CT molecular complexity index is 427. The molecule has 5 nitrogen and oxygen atoms in total. The molecule has 0 saturated carbocycles. The lowest BCUT2D eigenvalue weighted by Gasteiger charge is -2.15. The molecule has 0 aromatic heterocycles. The van der Waals surface area contributed by atoms with Crippen LogP contribution in [0.5, 0.6) is 0 Å². The van der Waals surface area contributed by atoms with E-state index in [0.717, 1.165) is 0 Å². The lowest BCUT2D eigenvalue weighted by molar-refractivity contribution is -0.117. The number of carbonyl (C=O) groups excluding carboxylic acids is 1. The first-order valence-corrected chi connectivity index (χ1v) is 4.97. The van der Waals surface area contributed by atoms with Crippen LogP contribution in [0.3, 0.4) is 0 Å². The highest BCUT2D eigenvalue weighted by molar-refractivity contribution is 5.96. The van der Waals surface area contributed by atoms with E-state index < -0.39 is 5.97 Å². The molecule has 3 N–H and O–H groups in total. The number of amides is 1. The summed E-state index contributed by atoms with van der Waals surface area (Å²) >= 11 is 0. The van der Waals surface area contributed by atoms with E-state index in [-0.39, 0.29) is 17.5 Å². The lowest BCUT2D eigenvalue weighted by atomic mass is 10.2. The van der Waals surface area contributed by atoms with Gasteiger partial charge >= 0.3 is 5.97 Å². The Hall–Kier alpha value is -1.88. The minimum absolute atomic E-state index is 0.0180. The molecule has 0 aliphatic carbocycles. The second-order valence-electron chi connectivity index (χ2n) is 3.82. The fourth-order valence-corrected chi connectivity index (χ4v) is 1.77. The van der Waals surface area contributed by atoms with Gasteiger partial charge in [0.1, 0.15) is 0 Å². The SMILES string of the molecule is NC1CC(=O)N(c2ccc(C(=O)O)cc2)C1. The van der Waals surface area contributed by atoms with E-state index in [2.05, 4.69) is 0 Å². The summed E-state index contributed by atoms with van der Waals surface area (Å²) in [5.41, 5.74) is 6.58. The van der Waals surface area contributed by atoms with Crippen molar-refractivity contribution < 1.29 is 14.7 Å². The van der Waals surface area contributed by atoms with Crippen LogP contribution in [0, 0.1) is 0 Å². The summed E-state index contributed by atoms with van der Waals surface area (Å²) in [4.78, 5) is 23.8. The van der Waals surface area contributed by atoms with Gasteiger partial charge < -0.3 is 15.7 Å². The third-order valence-corrected chi connectivity index (χ3v) is 2.58. The van der Waals surface area contributed by atoms with Gasteiger partial charge in [-0.25, -0.2) is 4.79 Å². The number of carbonyl (C=O) groups is 2. The normalized spacial score (nSPS) is 20.2. The molecule has 1 fully saturated rings. The van der Waals surface area contributed by atoms with Crippen molar-refractivity contribution in [2.75, 3.05) is 11.4 Å². The molecule has 2 rings (SSSR count). The summed E-state index contributed by atoms with van der Waals surface area (Å²) in [6.07, 6.45) is 0.348. The molecule has 0 spiro atoms. The largest absolute Gasteiger partial charge is 0.478 e. The molecule has 1 unspecified atom stereocenters. The highest BCUT2D eigenvalue weighted by Crippen LogP contribution is 2.21. The Morgan fingerprint density at radius 2 is 2.00 bits per heavy atom. The van der Waals surface area contributed by atoms with E-state index in [4.69, 9.17) is 10.8 Å². The van der Waals surface area contributed by atoms with E-state index >= 15 is 0 Å². The number of benzene rings is 1. The van der Waals surface area contributed by atoms with Crippen molar-refractivity contribution in [1.82, 2.24) is 0 Å². The van der Waals surface area contributed by atoms with Crippen molar-refractivity contribution in [2.24, 2.45) is 5.73 Å². The topological polar surface area (TPSA) is 83.6 Å². The molecule has 1 aromatic carbocycles. The zero-order valence-electron chi connectivity index (χ0n) is 8.59. The third kappa shape index (κ3) is 1.90. The molecular weight excluding hydrogens is 208 g/mol. The van der Waals surface area contributed by atoms with Crippen LogP contribution < -0.4 is 10.6 Å². The van der Waals surface area contributed by atoms with Gasteiger partial charge in [0.15, 0.2) is 0 Å². The summed E-state index contributed by atoms with van der Waals surface area (Å²) in [6, 6.07) is 6.08. The molecular formula is C11H12N2O3. The van der Waals surface area contributed by atoms with Gasteiger partial charge in [0.05, 0.1) is 5.56 Å². The van der Waals surface area contributed by atoms with Gasteiger partial charge in [0.2, 0.25) is 5.91 Å². The second kappa shape index (κ2) is 3.94. The molecule has 1 aromatic rings. The van der Waals surface area contributed by atoms with Crippen LogP contribution in [0.2, 0.25) is 0 Å². The Morgan fingerprint density at radius 1 is 1.38 bits per heavy atom. The molecule has 0 radical (unpaired) electrons. The van der Waals surface area contributed by atoms with Crippen LogP contribution in [0.25, 0.3) is 0 Å². The smallest absolute Gasteiger partial charge is 0.335 e. The molecule has 1 aliphatic heterocycles. The van der Waals surface area contributed by atoms with Crippen molar-refractivity contribution >= 4 is 17.6 Å². The first-order valence-electron chi connectivity index (χ1n) is 4.97. The molecule has 16 heavy (non-hydrogen) atoms. The monoisotopic (exact) mass is 220 g/mol. The standard InChI is InChI=1S/C11H12N2O3/c12-8-5-10(14)13(6-8)9-3-1-7(2-4-9)11(15)16/h1-4,8H,5-6,12H2,(H,15,16). The predicted molar refractivity (Wildman–Crippen MR) is 58.3 cm³/mol. The number of nitrogens with zero attached hydrogens (tertiary/aromatic N) is 1. The van der Waals surface area contributed by atoms with Crippen LogP contribution >= 0.6 is 0 Å². The van der Waals surface area contributed by atoms with Crippen molar-refractivity contribution in [3.8, 4) is 0 Å². The number of nitrogens with two attached hydrogens (primary N) is 1. The quantitative estimate of drug-likeness (QED) is 0.757. The molecule has 1 saturated heterocycles. The third-order valence-electron chi connectivity index (χ3n) is 2.58. The predicted octanol–water partition coefficient (Wildman–Crippen LogP) is 0.449. The first kappa shape index (κ1) is 10.6. The number of carboxylic acid groups (broad SMARTS) is 1. The van der Waals surface area contributed by atoms with Crippen molar-refractivity contribution in [3.63, 3.8) is 0 Å². The number of hydrogen-bond donors (Lipinski definition) is 2. The van der Waals surface area contributed by atoms with Gasteiger partial charge in [-0.2, -0.15) is 0 Å². The highest BCUT2D eigenvalue weighted by Gasteiger charge is 2.27. The molecule has 1 heterocycles. The fraction of sp³-hybridized carbons (Fsp3) is 0.273. The van der Waals surface area contributed by atoms with Gasteiger partial charge in [-0.3, -0.25) is 4.79 Å². The van der Waals surface area contributed by atoms with Crippen LogP contribution in [0.4, 0.5) is 5.69 Å². The Kier molecular flexibility index (Phi) is 2.62. The minimum atomic E-state index is -0.976. The summed E-state index contributed by atoms with van der Waals surface area (Å²) in [5.74, 6) is -0.994. The van der Waals surface area contributed by atoms with Gasteiger partial charge in [0.25, 0.3) is 0 Å². The Labute approximate surface area is 92.5 Å². The zero-order chi connectivity index (χ0) is 11.7. The van der Waals surface area contributed by atoms with Crippen LogP contribution in [0.15, 0.2) is 24.3 Å². The van der Waals surface area contributed by atoms with Crippen LogP contribution in [0.1, 0.15) is 16.8 Å². The van der Waals surface area contributed by atoms with E-state index in [9.17, 15) is 9.59 Å². The van der Waals surface area contributed by atoms with Crippen LogP contribution in [-0.2, 0) is 4.79 Å². The van der Waals surface area contributed by atoms with Gasteiger partial charge in [-0.15, -0.1) is 0 Å². The summed E-state index contributed by atoms with van der Waals surface area (Å²) in [7, 11) is 0. The molecule has 1 amide bonds. The first-order chi connectivity index (χ1) is 7.58. The Balaban J connectivity index is 2.22. The summed E-state index contributed by atoms with van der Waals surface area (Å²) < 4.78 is 0. The molecule has 0 bridgehead atoms. The van der Waals surface area contributed by atoms with E-state index in [0.29, 0.717) is 18.7 Å². The number of rotatable bonds is 2. The van der Waals surface area contributed by atoms with Crippen molar-refractivity contribution in [1.29, 1.82) is 0 Å². The summed E-state index contributed by atoms with van der Waals surface area (Å²) in [6.45, 7) is 0.491. The zero-order valence-corrected chi connectivity index (χ0v) is 8.59. The fourth-order valence-electron chi connectivity index (χ4n) is 1.77. The van der Waals surface area contributed by atoms with Crippen LogP contribution in [-0.4, -0.2) is 29.6 Å². The van der Waals surface area contributed by atoms with Gasteiger partial charge in [-0.1, -0.05) is 0 Å². The maximum absolute atomic E-state index is 11.5. The molecule has 84 valence electrons. The van der Waals surface area contributed by atoms with Gasteiger partial charge in [-0.05, 0) is 24.3 Å². The van der Waals surface area contributed by atoms with E-state index in [1.54, 1.807) is 17.0 Å². The minimum Gasteiger partial charge on any atom is -0.478 e. The molecule has 1 aliphatic rings. The van der Waals surface area contributed by atoms with Gasteiger partial charge in [0, 0.05) is 24.7 Å². The Morgan fingerprint density at radius 3 is 2.44 bits per heavy atom. The lowest BCUT2D eigenvalue weighted by Crippen LogP contribution is -2.27. The molecule has 5 heteroatoms. The highest BCUT2D eigenvalue weighted by atomic mass is 16.4. The van der Waals surface area contributed by atoms with Crippen molar-refractivity contribution in [3.05, 3.63) is 29.8 Å². The average Bonchev–Trinajstić information content (AvgIpc) is 2.58. The maximum Gasteiger partial charge on any atom is 0.335 e. The molecule has 1 atom stereocenters. The van der Waals surface area contributed by atoms with Crippen molar-refractivity contribution in [2.45, 2.75) is 12.5 Å². The number of carboxylic acids is 1. The second-order valence-corrected chi connectivity index (χ2v) is 3.82.